The molecule has 0 bridgehead atoms. The molecular formula is C20H21Cl2SiZr. The Bertz CT molecular complexity index is 783. The van der Waals surface area contributed by atoms with Crippen molar-refractivity contribution in [2.24, 2.45) is 0 Å². The monoisotopic (exact) mass is 449 g/mol. The van der Waals surface area contributed by atoms with Crippen molar-refractivity contribution in [3.63, 3.8) is 0 Å². The van der Waals surface area contributed by atoms with Gasteiger partial charge in [0.05, 0.1) is 0 Å². The molecule has 4 rings (SSSR count). The number of hydrogen-bond donors (Lipinski definition) is 0. The topological polar surface area (TPSA) is 0 Å². The van der Waals surface area contributed by atoms with E-state index in [9.17, 15) is 0 Å². The first-order chi connectivity index (χ1) is 10.7. The molecule has 0 aromatic heterocycles. The van der Waals surface area contributed by atoms with Crippen LogP contribution in [0.2, 0.25) is 13.1 Å². The molecule has 2 aliphatic rings. The Kier molecular flexibility index (Phi) is 6.90. The van der Waals surface area contributed by atoms with Crippen molar-refractivity contribution in [2.75, 3.05) is 0 Å². The number of rotatable bonds is 3. The van der Waals surface area contributed by atoms with Gasteiger partial charge in [-0.3, -0.25) is 0 Å². The van der Waals surface area contributed by atoms with Gasteiger partial charge in [0.25, 0.3) is 0 Å². The molecule has 0 radical (unpaired) electrons. The molecule has 123 valence electrons. The van der Waals surface area contributed by atoms with Crippen LogP contribution in [0, 0.1) is 0 Å². The van der Waals surface area contributed by atoms with E-state index in [0.717, 1.165) is 3.63 Å². The summed E-state index contributed by atoms with van der Waals surface area (Å²) in [4.78, 5) is 0. The normalized spacial score (nSPS) is 16.8. The van der Waals surface area contributed by atoms with Crippen molar-refractivity contribution in [3.8, 4) is 0 Å². The molecule has 1 atom stereocenters. The predicted molar refractivity (Wildman–Crippen MR) is 95.2 cm³/mol. The Morgan fingerprint density at radius 1 is 0.917 bits per heavy atom. The van der Waals surface area contributed by atoms with Crippen LogP contribution in [0.5, 0.6) is 0 Å². The summed E-state index contributed by atoms with van der Waals surface area (Å²) in [7, 11) is 0. The van der Waals surface area contributed by atoms with Gasteiger partial charge in [-0.2, -0.15) is 0 Å². The molecule has 24 heavy (non-hydrogen) atoms. The van der Waals surface area contributed by atoms with Gasteiger partial charge in [-0.25, -0.2) is 0 Å². The molecule has 0 saturated heterocycles. The van der Waals surface area contributed by atoms with Crippen molar-refractivity contribution >= 4 is 18.1 Å². The van der Waals surface area contributed by atoms with Crippen molar-refractivity contribution in [3.05, 3.63) is 80.1 Å². The second-order valence-corrected chi connectivity index (χ2v) is 26.5. The second-order valence-electron chi connectivity index (χ2n) is 6.62. The molecule has 0 saturated carbocycles. The molecule has 0 fully saturated rings. The number of benzene rings is 2. The first-order valence-electron chi connectivity index (χ1n) is 8.17. The van der Waals surface area contributed by atoms with Crippen LogP contribution >= 0.6 is 0 Å². The van der Waals surface area contributed by atoms with Gasteiger partial charge in [0.1, 0.15) is 0 Å². The van der Waals surface area contributed by atoms with Crippen LogP contribution in [0.3, 0.4) is 0 Å². The molecule has 0 nitrogen and oxygen atoms in total. The number of hydrogen-bond acceptors (Lipinski definition) is 0. The molecule has 0 amide bonds. The van der Waals surface area contributed by atoms with Crippen LogP contribution in [0.1, 0.15) is 25.9 Å². The van der Waals surface area contributed by atoms with Crippen LogP contribution in [0.4, 0.5) is 0 Å². The molecule has 0 heterocycles. The maximum atomic E-state index is 2.59. The van der Waals surface area contributed by atoms with E-state index in [0.29, 0.717) is 0 Å². The van der Waals surface area contributed by atoms with Crippen molar-refractivity contribution < 1.29 is 45.7 Å². The van der Waals surface area contributed by atoms with Crippen molar-refractivity contribution in [1.29, 1.82) is 0 Å². The molecule has 0 spiro atoms. The molecule has 0 aliphatic heterocycles. The zero-order valence-corrected chi connectivity index (χ0v) is 19.1. The van der Waals surface area contributed by atoms with Crippen LogP contribution < -0.4 is 24.8 Å². The Labute approximate surface area is 166 Å². The minimum Gasteiger partial charge on any atom is -1.00 e. The average Bonchev–Trinajstić information content (AvgIpc) is 3.12. The second kappa shape index (κ2) is 8.32. The van der Waals surface area contributed by atoms with Gasteiger partial charge >= 0.3 is 142 Å². The van der Waals surface area contributed by atoms with Crippen LogP contribution in [0.25, 0.3) is 12.2 Å². The minimum atomic E-state index is -1.61. The van der Waals surface area contributed by atoms with Crippen molar-refractivity contribution in [1.82, 2.24) is 0 Å². The van der Waals surface area contributed by atoms with Gasteiger partial charge in [0.2, 0.25) is 0 Å². The smallest absolute Gasteiger partial charge is 1.00 e. The van der Waals surface area contributed by atoms with Crippen LogP contribution in [-0.2, 0) is 27.3 Å². The van der Waals surface area contributed by atoms with E-state index >= 15 is 0 Å². The maximum Gasteiger partial charge on any atom is -1.00 e. The first kappa shape index (κ1) is 19.9. The summed E-state index contributed by atoms with van der Waals surface area (Å²) in [5.74, 6) is -0.605. The summed E-state index contributed by atoms with van der Waals surface area (Å²) in [5, 5.41) is 0. The van der Waals surface area contributed by atoms with Crippen molar-refractivity contribution in [2.45, 2.75) is 23.1 Å². The summed E-state index contributed by atoms with van der Waals surface area (Å²) < 4.78 is 2.64. The van der Waals surface area contributed by atoms with Gasteiger partial charge in [0, 0.05) is 0 Å². The summed E-state index contributed by atoms with van der Waals surface area (Å²) >= 11 is -1.61. The van der Waals surface area contributed by atoms with E-state index in [4.69, 9.17) is 0 Å². The van der Waals surface area contributed by atoms with E-state index in [1.54, 1.807) is 11.1 Å². The quantitative estimate of drug-likeness (QED) is 0.524. The summed E-state index contributed by atoms with van der Waals surface area (Å²) in [5.41, 5.74) is 6.13. The van der Waals surface area contributed by atoms with E-state index in [1.165, 1.54) is 17.5 Å². The molecule has 4 heteroatoms. The largest absolute Gasteiger partial charge is 1.00 e. The molecule has 2 aromatic carbocycles. The number of fused-ring (bicyclic) bond motifs is 2. The van der Waals surface area contributed by atoms with E-state index < -0.39 is 26.8 Å². The Morgan fingerprint density at radius 2 is 1.58 bits per heavy atom. The summed E-state index contributed by atoms with van der Waals surface area (Å²) in [6, 6.07) is 18.0. The fourth-order valence-electron chi connectivity index (χ4n) is 3.92. The van der Waals surface area contributed by atoms with E-state index in [-0.39, 0.29) is 24.8 Å². The Hall–Kier alpha value is -0.400. The fourth-order valence-corrected chi connectivity index (χ4v) is 23.9. The zero-order chi connectivity index (χ0) is 15.1. The first-order valence-corrected chi connectivity index (χ1v) is 18.0. The molecular weight excluding hydrogens is 430 g/mol. The third-order valence-corrected chi connectivity index (χ3v) is 25.1. The molecule has 1 unspecified atom stereocenters. The maximum absolute atomic E-state index is 2.59. The summed E-state index contributed by atoms with van der Waals surface area (Å²) in [6.07, 6.45) is 8.71. The van der Waals surface area contributed by atoms with Gasteiger partial charge in [-0.15, -0.1) is 0 Å². The predicted octanol–water partition coefficient (Wildman–Crippen LogP) is -1.04. The van der Waals surface area contributed by atoms with Gasteiger partial charge in [0.15, 0.2) is 0 Å². The summed E-state index contributed by atoms with van der Waals surface area (Å²) in [6.45, 7) is 5.18. The minimum absolute atomic E-state index is 0. The van der Waals surface area contributed by atoms with E-state index in [1.807, 2.05) is 3.28 Å². The Balaban J connectivity index is 0.00000104. The van der Waals surface area contributed by atoms with Gasteiger partial charge in [-0.05, 0) is 0 Å². The molecule has 2 aliphatic carbocycles. The molecule has 2 aromatic rings. The standard InChI is InChI=1S/2C9H7.C2H7Si.2ClH.Zr/c2*1-2-5-9-7-3-6-8(9)4-1;1-3-2;;;/h1-2,4-6H,7H2;1-7H;3H,1-2H3;2*1H;/q;;;;;+2/p-2. The Morgan fingerprint density at radius 3 is 2.29 bits per heavy atom. The zero-order valence-electron chi connectivity index (χ0n) is 14.0. The third-order valence-electron chi connectivity index (χ3n) is 4.89. The number of allylic oxidation sites excluding steroid dienone is 2. The molecule has 0 N–H and O–H groups in total. The van der Waals surface area contributed by atoms with Gasteiger partial charge in [-0.1, -0.05) is 0 Å². The van der Waals surface area contributed by atoms with Crippen LogP contribution in [-0.4, -0.2) is 5.92 Å². The van der Waals surface area contributed by atoms with E-state index in [2.05, 4.69) is 79.9 Å². The third kappa shape index (κ3) is 3.58. The SMILES string of the molecule is C[SiH](C)[Zr+2]([C]1=Cc2ccccc2C1)[CH]1C=Cc2ccccc21.[Cl-].[Cl-]. The fraction of sp³-hybridized carbons (Fsp3) is 0.200. The van der Waals surface area contributed by atoms with Crippen LogP contribution in [0.15, 0.2) is 57.9 Å². The average molecular weight is 452 g/mol. The van der Waals surface area contributed by atoms with Gasteiger partial charge < -0.3 is 24.8 Å². The number of halogens is 2.